The van der Waals surface area contributed by atoms with E-state index in [0.29, 0.717) is 50.9 Å². The van der Waals surface area contributed by atoms with Gasteiger partial charge in [0.05, 0.1) is 51.7 Å². The van der Waals surface area contributed by atoms with Gasteiger partial charge in [-0.3, -0.25) is 24.0 Å². The number of benzene rings is 3. The van der Waals surface area contributed by atoms with Gasteiger partial charge in [-0.1, -0.05) is 93.7 Å². The molecule has 9 N–H and O–H groups in total. The minimum absolute atomic E-state index is 0.00387. The van der Waals surface area contributed by atoms with E-state index >= 15 is 0 Å². The van der Waals surface area contributed by atoms with Crippen LogP contribution in [-0.2, 0) is 24.0 Å². The van der Waals surface area contributed by atoms with Crippen LogP contribution in [0.2, 0.25) is 5.02 Å². The average Bonchev–Trinajstić information content (AvgIpc) is 4.05. The van der Waals surface area contributed by atoms with Gasteiger partial charge in [0.2, 0.25) is 29.5 Å². The van der Waals surface area contributed by atoms with Gasteiger partial charge in [0.25, 0.3) is 0 Å². The number of ether oxygens (including phenoxy) is 1. The highest BCUT2D eigenvalue weighted by Gasteiger charge is 2.44. The molecule has 3 aromatic carbocycles. The number of aryl methyl sites for hydroxylation is 1. The number of unbranched alkanes of at least 4 members (excludes halogenated alkanes) is 4. The fraction of sp³-hybridized carbons (Fsp3) is 0.474. The standard InChI is InChI=1S/C57H74ClN11O7S2/c1-35(37-16-18-38(19-17-37)50-36(2)62-34-77-50)63-53(74)43-31-40(70)33-69(43)55(75)51(56(3,4)5)67-46(71)15-10-8-7-9-11-30-76-41-22-20-39(21-23-41)64-47(72)24-25-48(73)65-42-13-12-14-44(49(42)58)78-54-52(59)66-45(32-61-54)68-28-26-57(6,60)27-29-68/h12-14,16-23,32,34-35,40,43,51,70H,7-11,15,24-31,33,60H2,1-6H3,(H2,59,66)(H,63,74)(H,64,72)(H,65,73)(H,67,71)/t35-,40+,43-,51+/m0/s1. The first-order chi connectivity index (χ1) is 37.1. The van der Waals surface area contributed by atoms with Crippen molar-refractivity contribution in [1.29, 1.82) is 0 Å². The van der Waals surface area contributed by atoms with Crippen molar-refractivity contribution >= 4 is 87.2 Å². The van der Waals surface area contributed by atoms with Crippen LogP contribution in [0.3, 0.4) is 0 Å². The molecule has 0 saturated carbocycles. The maximum Gasteiger partial charge on any atom is 0.246 e. The maximum atomic E-state index is 14.1. The molecule has 2 aliphatic heterocycles. The zero-order chi connectivity index (χ0) is 56.1. The van der Waals surface area contributed by atoms with E-state index in [0.717, 1.165) is 73.3 Å². The lowest BCUT2D eigenvalue weighted by atomic mass is 9.85. The van der Waals surface area contributed by atoms with E-state index < -0.39 is 29.5 Å². The smallest absolute Gasteiger partial charge is 0.246 e. The second-order valence-electron chi connectivity index (χ2n) is 21.6. The van der Waals surface area contributed by atoms with Gasteiger partial charge in [-0.15, -0.1) is 11.3 Å². The van der Waals surface area contributed by atoms with Crippen LogP contribution < -0.4 is 42.4 Å². The summed E-state index contributed by atoms with van der Waals surface area (Å²) in [5.74, 6) is -0.0490. The predicted octanol–water partition coefficient (Wildman–Crippen LogP) is 9.06. The van der Waals surface area contributed by atoms with Crippen LogP contribution in [0.25, 0.3) is 10.4 Å². The fourth-order valence-electron chi connectivity index (χ4n) is 9.30. The van der Waals surface area contributed by atoms with E-state index in [-0.39, 0.29) is 73.3 Å². The van der Waals surface area contributed by atoms with E-state index in [1.165, 1.54) is 16.7 Å². The third-order valence-electron chi connectivity index (χ3n) is 14.0. The number of nitrogens with one attached hydrogen (secondary N) is 4. The van der Waals surface area contributed by atoms with Crippen molar-refractivity contribution in [2.24, 2.45) is 11.1 Å². The number of halogens is 1. The number of piperidine rings is 1. The predicted molar refractivity (Wildman–Crippen MR) is 309 cm³/mol. The Bertz CT molecular complexity index is 2870. The zero-order valence-electron chi connectivity index (χ0n) is 45.4. The second-order valence-corrected chi connectivity index (χ2v) is 23.9. The number of nitrogen functional groups attached to an aromatic ring is 1. The molecule has 0 bridgehead atoms. The molecule has 4 heterocycles. The highest BCUT2D eigenvalue weighted by Crippen LogP contribution is 2.39. The van der Waals surface area contributed by atoms with Gasteiger partial charge in [-0.2, -0.15) is 0 Å². The molecule has 0 unspecified atom stereocenters. The van der Waals surface area contributed by atoms with Gasteiger partial charge >= 0.3 is 0 Å². The van der Waals surface area contributed by atoms with Crippen LogP contribution in [0.15, 0.2) is 88.4 Å². The van der Waals surface area contributed by atoms with Crippen LogP contribution in [0.5, 0.6) is 5.75 Å². The van der Waals surface area contributed by atoms with Crippen molar-refractivity contribution in [3.63, 3.8) is 0 Å². The van der Waals surface area contributed by atoms with Crippen molar-refractivity contribution < 1.29 is 33.8 Å². The molecule has 0 radical (unpaired) electrons. The summed E-state index contributed by atoms with van der Waals surface area (Å²) in [4.78, 5) is 85.4. The van der Waals surface area contributed by atoms with E-state index in [9.17, 15) is 29.1 Å². The van der Waals surface area contributed by atoms with E-state index in [1.54, 1.807) is 60.0 Å². The van der Waals surface area contributed by atoms with Crippen molar-refractivity contribution in [3.05, 3.63) is 94.7 Å². The Balaban J connectivity index is 0.759. The molecule has 7 rings (SSSR count). The van der Waals surface area contributed by atoms with Gasteiger partial charge in [0.15, 0.2) is 5.82 Å². The first kappa shape index (κ1) is 59.3. The molecule has 418 valence electrons. The first-order valence-electron chi connectivity index (χ1n) is 26.7. The summed E-state index contributed by atoms with van der Waals surface area (Å²) >= 11 is 9.53. The summed E-state index contributed by atoms with van der Waals surface area (Å²) in [5.41, 5.74) is 17.5. The summed E-state index contributed by atoms with van der Waals surface area (Å²) in [6.45, 7) is 13.6. The van der Waals surface area contributed by atoms with Crippen LogP contribution >= 0.6 is 34.7 Å². The van der Waals surface area contributed by atoms with E-state index in [2.05, 4.69) is 48.0 Å². The lowest BCUT2D eigenvalue weighted by Gasteiger charge is -2.37. The Kier molecular flexibility index (Phi) is 20.6. The van der Waals surface area contributed by atoms with Crippen LogP contribution in [-0.4, -0.2) is 104 Å². The molecule has 21 heteroatoms. The van der Waals surface area contributed by atoms with Gasteiger partial charge in [-0.05, 0) is 99.4 Å². The number of hydrogen-bond donors (Lipinski definition) is 7. The summed E-state index contributed by atoms with van der Waals surface area (Å²) in [6.07, 6.45) is 6.84. The van der Waals surface area contributed by atoms with Gasteiger partial charge in [-0.25, -0.2) is 15.0 Å². The quantitative estimate of drug-likeness (QED) is 0.0301. The molecule has 5 aromatic rings. The summed E-state index contributed by atoms with van der Waals surface area (Å²) in [7, 11) is 0. The number of anilines is 4. The Morgan fingerprint density at radius 1 is 0.897 bits per heavy atom. The van der Waals surface area contributed by atoms with Crippen molar-refractivity contribution in [3.8, 4) is 16.2 Å². The number of amides is 5. The van der Waals surface area contributed by atoms with Gasteiger partial charge in [0, 0.05) is 61.4 Å². The molecule has 0 spiro atoms. The summed E-state index contributed by atoms with van der Waals surface area (Å²) < 4.78 is 5.93. The van der Waals surface area contributed by atoms with Crippen LogP contribution in [0, 0.1) is 12.3 Å². The number of carbonyl (C=O) groups excluding carboxylic acids is 5. The van der Waals surface area contributed by atoms with Gasteiger partial charge < -0.3 is 52.4 Å². The molecule has 2 aromatic heterocycles. The van der Waals surface area contributed by atoms with E-state index in [4.69, 9.17) is 27.8 Å². The number of nitrogens with two attached hydrogens (primary N) is 2. The van der Waals surface area contributed by atoms with Crippen molar-refractivity contribution in [2.75, 3.05) is 47.5 Å². The SMILES string of the molecule is Cc1ncsc1-c1ccc([C@H](C)NC(=O)[C@@H]2C[C@@H](O)CN2C(=O)[C@@H](NC(=O)CCCCCCCOc2ccc(NC(=O)CCC(=O)Nc3cccc(Sc4ncc(N5CCC(C)(N)CC5)nc4N)c3Cl)cc2)C(C)(C)C)cc1. The third kappa shape index (κ3) is 16.6. The Morgan fingerprint density at radius 3 is 2.24 bits per heavy atom. The number of carbonyl (C=O) groups is 5. The molecule has 2 aliphatic rings. The Hall–Kier alpha value is -6.32. The topological polar surface area (TPSA) is 260 Å². The number of β-amino-alcohol motifs (C(OH)–C–C–N with tert-alkyl or cyclic N) is 1. The molecule has 18 nitrogen and oxygen atoms in total. The highest BCUT2D eigenvalue weighted by atomic mass is 35.5. The molecule has 0 aliphatic carbocycles. The minimum atomic E-state index is -0.892. The second kappa shape index (κ2) is 27.0. The Labute approximate surface area is 470 Å². The fourth-order valence-corrected chi connectivity index (χ4v) is 11.2. The normalized spacial score (nSPS) is 17.0. The number of hydrogen-bond acceptors (Lipinski definition) is 15. The largest absolute Gasteiger partial charge is 0.494 e. The molecule has 5 amide bonds. The average molecular weight is 1120 g/mol. The van der Waals surface area contributed by atoms with Crippen molar-refractivity contribution in [1.82, 2.24) is 30.5 Å². The summed E-state index contributed by atoms with van der Waals surface area (Å²) in [6, 6.07) is 18.1. The third-order valence-corrected chi connectivity index (χ3v) is 16.6. The Morgan fingerprint density at radius 2 is 1.58 bits per heavy atom. The number of aromatic nitrogens is 3. The molecule has 78 heavy (non-hydrogen) atoms. The lowest BCUT2D eigenvalue weighted by Crippen LogP contribution is -2.57. The molecule has 2 saturated heterocycles. The van der Waals surface area contributed by atoms with Crippen LogP contribution in [0.4, 0.5) is 23.0 Å². The molecular formula is C57H74ClN11O7S2. The maximum absolute atomic E-state index is 14.1. The number of aliphatic hydroxyl groups excluding tert-OH is 1. The number of likely N-dealkylation sites (tertiary alicyclic amines) is 1. The van der Waals surface area contributed by atoms with Gasteiger partial charge in [0.1, 0.15) is 28.7 Å². The van der Waals surface area contributed by atoms with Crippen molar-refractivity contribution in [2.45, 2.75) is 152 Å². The number of aliphatic hydroxyl groups is 1. The number of rotatable bonds is 23. The number of nitrogens with zero attached hydrogens (tertiary/aromatic N) is 5. The van der Waals surface area contributed by atoms with Crippen LogP contribution in [0.1, 0.15) is 123 Å². The zero-order valence-corrected chi connectivity index (χ0v) is 47.8. The molecular weight excluding hydrogens is 1050 g/mol. The minimum Gasteiger partial charge on any atom is -0.494 e. The summed E-state index contributed by atoms with van der Waals surface area (Å²) in [5, 5.41) is 23.1. The van der Waals surface area contributed by atoms with E-state index in [1.807, 2.05) is 64.4 Å². The number of thiazole rings is 1. The first-order valence-corrected chi connectivity index (χ1v) is 28.8. The lowest BCUT2D eigenvalue weighted by molar-refractivity contribution is -0.144. The monoisotopic (exact) mass is 1120 g/mol. The molecule has 4 atom stereocenters. The highest BCUT2D eigenvalue weighted by molar-refractivity contribution is 7.99. The molecule has 2 fully saturated rings.